The molecule has 1 aromatic heterocycles. The number of nitro groups is 1. The van der Waals surface area contributed by atoms with E-state index >= 15 is 0 Å². The molecule has 0 bridgehead atoms. The molecule has 170 valence electrons. The van der Waals surface area contributed by atoms with Gasteiger partial charge in [-0.25, -0.2) is 4.98 Å². The smallest absolute Gasteiger partial charge is 0.269 e. The number of nitrogens with zero attached hydrogens (tertiary/aromatic N) is 4. The molecule has 0 fully saturated rings. The molecule has 3 aromatic rings. The number of thiazole rings is 1. The first-order valence-electron chi connectivity index (χ1n) is 9.94. The van der Waals surface area contributed by atoms with Crippen LogP contribution in [-0.4, -0.2) is 46.9 Å². The molecule has 0 aliphatic heterocycles. The van der Waals surface area contributed by atoms with Gasteiger partial charge >= 0.3 is 0 Å². The van der Waals surface area contributed by atoms with Gasteiger partial charge in [-0.15, -0.1) is 12.4 Å². The highest BCUT2D eigenvalue weighted by Gasteiger charge is 2.19. The van der Waals surface area contributed by atoms with Crippen molar-refractivity contribution in [3.63, 3.8) is 0 Å². The molecule has 1 amide bonds. The molecule has 3 rings (SSSR count). The number of carbonyl (C=O) groups excluding carboxylic acids is 1. The zero-order valence-electron chi connectivity index (χ0n) is 17.7. The number of hydrogen-bond donors (Lipinski definition) is 0. The lowest BCUT2D eigenvalue weighted by Crippen LogP contribution is -2.38. The number of nitro benzene ring substituents is 1. The number of aromatic nitrogens is 1. The highest BCUT2D eigenvalue weighted by molar-refractivity contribution is 7.22. The first-order valence-corrected chi connectivity index (χ1v) is 11.1. The van der Waals surface area contributed by atoms with Crippen molar-refractivity contribution in [3.8, 4) is 0 Å². The van der Waals surface area contributed by atoms with Crippen LogP contribution in [0.5, 0.6) is 0 Å². The fourth-order valence-electron chi connectivity index (χ4n) is 3.06. The molecule has 0 radical (unpaired) electrons. The van der Waals surface area contributed by atoms with Crippen molar-refractivity contribution in [2.75, 3.05) is 31.1 Å². The van der Waals surface area contributed by atoms with E-state index in [1.54, 1.807) is 29.2 Å². The maximum Gasteiger partial charge on any atom is 0.269 e. The van der Waals surface area contributed by atoms with Gasteiger partial charge in [0.1, 0.15) is 5.52 Å². The van der Waals surface area contributed by atoms with Crippen molar-refractivity contribution < 1.29 is 9.72 Å². The van der Waals surface area contributed by atoms with Gasteiger partial charge in [0, 0.05) is 31.3 Å². The zero-order valence-corrected chi connectivity index (χ0v) is 20.1. The second kappa shape index (κ2) is 11.9. The van der Waals surface area contributed by atoms with Crippen LogP contribution < -0.4 is 4.90 Å². The summed E-state index contributed by atoms with van der Waals surface area (Å²) in [5.74, 6) is -0.208. The molecule has 2 aromatic carbocycles. The Morgan fingerprint density at radius 1 is 1.16 bits per heavy atom. The van der Waals surface area contributed by atoms with Gasteiger partial charge in [-0.2, -0.15) is 0 Å². The molecule has 0 atom stereocenters. The standard InChI is InChI=1S/C22H23ClN4O3S.ClH/c1-3-25(4-2)14-15-26(22-24-21-18(23)6-5-7-19(21)31-22)20(28)13-10-16-8-11-17(12-9-16)27(29)30;/h5-13H,3-4,14-15H2,1-2H3;1H. The summed E-state index contributed by atoms with van der Waals surface area (Å²) in [7, 11) is 0. The number of non-ortho nitro benzene ring substituents is 1. The summed E-state index contributed by atoms with van der Waals surface area (Å²) in [5.41, 5.74) is 1.40. The summed E-state index contributed by atoms with van der Waals surface area (Å²) in [5, 5.41) is 12.0. The van der Waals surface area contributed by atoms with E-state index < -0.39 is 4.92 Å². The quantitative estimate of drug-likeness (QED) is 0.217. The summed E-state index contributed by atoms with van der Waals surface area (Å²) < 4.78 is 0.919. The molecule has 0 unspecified atom stereocenters. The van der Waals surface area contributed by atoms with Gasteiger partial charge in [-0.1, -0.05) is 42.9 Å². The van der Waals surface area contributed by atoms with E-state index in [2.05, 4.69) is 23.7 Å². The number of likely N-dealkylation sites (N-methyl/N-ethyl adjacent to an activating group) is 1. The Morgan fingerprint density at radius 2 is 1.84 bits per heavy atom. The van der Waals surface area contributed by atoms with Crippen LogP contribution in [0.25, 0.3) is 16.3 Å². The maximum absolute atomic E-state index is 13.1. The van der Waals surface area contributed by atoms with Crippen molar-refractivity contribution in [2.24, 2.45) is 0 Å². The number of benzene rings is 2. The summed E-state index contributed by atoms with van der Waals surface area (Å²) in [6.45, 7) is 7.16. The molecule has 7 nitrogen and oxygen atoms in total. The average Bonchev–Trinajstić information content (AvgIpc) is 3.21. The third-order valence-electron chi connectivity index (χ3n) is 4.91. The molecule has 0 saturated carbocycles. The van der Waals surface area contributed by atoms with Gasteiger partial charge in [0.15, 0.2) is 5.13 Å². The molecule has 10 heteroatoms. The fourth-order valence-corrected chi connectivity index (χ4v) is 4.36. The second-order valence-corrected chi connectivity index (χ2v) is 8.20. The number of amides is 1. The van der Waals surface area contributed by atoms with E-state index in [9.17, 15) is 14.9 Å². The van der Waals surface area contributed by atoms with E-state index in [0.717, 1.165) is 17.8 Å². The normalized spacial score (nSPS) is 11.1. The number of para-hydroxylation sites is 1. The van der Waals surface area contributed by atoms with Crippen LogP contribution in [0, 0.1) is 10.1 Å². The van der Waals surface area contributed by atoms with Crippen molar-refractivity contribution in [1.82, 2.24) is 9.88 Å². The van der Waals surface area contributed by atoms with Gasteiger partial charge in [0.25, 0.3) is 11.6 Å². The maximum atomic E-state index is 13.1. The number of fused-ring (bicyclic) bond motifs is 1. The molecule has 0 aliphatic rings. The van der Waals surface area contributed by atoms with Crippen molar-refractivity contribution in [3.05, 3.63) is 69.2 Å². The van der Waals surface area contributed by atoms with Gasteiger partial charge in [0.2, 0.25) is 0 Å². The molecule has 1 heterocycles. The Morgan fingerprint density at radius 3 is 2.44 bits per heavy atom. The molecular weight excluding hydrogens is 471 g/mol. The summed E-state index contributed by atoms with van der Waals surface area (Å²) in [6.07, 6.45) is 3.12. The van der Waals surface area contributed by atoms with Crippen molar-refractivity contribution >= 4 is 68.4 Å². The minimum absolute atomic E-state index is 0. The topological polar surface area (TPSA) is 79.6 Å². The first kappa shape index (κ1) is 25.7. The van der Waals surface area contributed by atoms with E-state index in [1.165, 1.54) is 29.5 Å². The Labute approximate surface area is 201 Å². The average molecular weight is 495 g/mol. The van der Waals surface area contributed by atoms with Gasteiger partial charge < -0.3 is 4.90 Å². The van der Waals surface area contributed by atoms with E-state index in [0.29, 0.717) is 34.3 Å². The predicted molar refractivity (Wildman–Crippen MR) is 134 cm³/mol. The minimum Gasteiger partial charge on any atom is -0.302 e. The number of rotatable bonds is 9. The second-order valence-electron chi connectivity index (χ2n) is 6.78. The third-order valence-corrected chi connectivity index (χ3v) is 6.26. The van der Waals surface area contributed by atoms with Gasteiger partial charge in [-0.3, -0.25) is 19.8 Å². The van der Waals surface area contributed by atoms with Crippen LogP contribution in [-0.2, 0) is 4.79 Å². The summed E-state index contributed by atoms with van der Waals surface area (Å²) in [6, 6.07) is 11.6. The number of carbonyl (C=O) groups is 1. The first-order chi connectivity index (χ1) is 14.9. The Hall–Kier alpha value is -2.52. The largest absolute Gasteiger partial charge is 0.302 e. The highest BCUT2D eigenvalue weighted by Crippen LogP contribution is 2.33. The van der Waals surface area contributed by atoms with Gasteiger partial charge in [0.05, 0.1) is 14.6 Å². The lowest BCUT2D eigenvalue weighted by Gasteiger charge is -2.23. The predicted octanol–water partition coefficient (Wildman–Crippen LogP) is 5.67. The van der Waals surface area contributed by atoms with Crippen LogP contribution >= 0.6 is 35.3 Å². The van der Waals surface area contributed by atoms with E-state index in [4.69, 9.17) is 11.6 Å². The summed E-state index contributed by atoms with van der Waals surface area (Å²) >= 11 is 7.70. The van der Waals surface area contributed by atoms with Crippen molar-refractivity contribution in [2.45, 2.75) is 13.8 Å². The van der Waals surface area contributed by atoms with Crippen LogP contribution in [0.15, 0.2) is 48.5 Å². The van der Waals surface area contributed by atoms with Crippen LogP contribution in [0.2, 0.25) is 5.02 Å². The lowest BCUT2D eigenvalue weighted by molar-refractivity contribution is -0.384. The number of hydrogen-bond acceptors (Lipinski definition) is 6. The van der Waals surface area contributed by atoms with Crippen LogP contribution in [0.1, 0.15) is 19.4 Å². The molecule has 0 saturated heterocycles. The Bertz CT molecular complexity index is 1100. The number of halogens is 2. The summed E-state index contributed by atoms with van der Waals surface area (Å²) in [4.78, 5) is 31.9. The van der Waals surface area contributed by atoms with Crippen LogP contribution in [0.4, 0.5) is 10.8 Å². The molecular formula is C22H24Cl2N4O3S. The molecule has 32 heavy (non-hydrogen) atoms. The number of anilines is 1. The fraction of sp³-hybridized carbons (Fsp3) is 0.273. The Balaban J connectivity index is 0.00000363. The Kier molecular flexibility index (Phi) is 9.59. The monoisotopic (exact) mass is 494 g/mol. The third kappa shape index (κ3) is 6.26. The highest BCUT2D eigenvalue weighted by atomic mass is 35.5. The molecule has 0 spiro atoms. The van der Waals surface area contributed by atoms with E-state index in [-0.39, 0.29) is 24.0 Å². The lowest BCUT2D eigenvalue weighted by atomic mass is 10.2. The van der Waals surface area contributed by atoms with Crippen LogP contribution in [0.3, 0.4) is 0 Å². The van der Waals surface area contributed by atoms with E-state index in [1.807, 2.05) is 12.1 Å². The zero-order chi connectivity index (χ0) is 22.4. The molecule has 0 N–H and O–H groups in total. The van der Waals surface area contributed by atoms with Crippen molar-refractivity contribution in [1.29, 1.82) is 0 Å². The SMILES string of the molecule is CCN(CC)CCN(C(=O)C=Cc1ccc([N+](=O)[O-])cc1)c1nc2c(Cl)cccc2s1.Cl. The minimum atomic E-state index is -0.453. The van der Waals surface area contributed by atoms with Gasteiger partial charge in [-0.05, 0) is 49.0 Å². The molecule has 0 aliphatic carbocycles.